The molecule has 182 valence electrons. The number of benzene rings is 2. The van der Waals surface area contributed by atoms with Gasteiger partial charge >= 0.3 is 0 Å². The van der Waals surface area contributed by atoms with Crippen molar-refractivity contribution in [1.82, 2.24) is 30.0 Å². The monoisotopic (exact) mass is 480 g/mol. The summed E-state index contributed by atoms with van der Waals surface area (Å²) in [6, 6.07) is 18.7. The Morgan fingerprint density at radius 1 is 0.972 bits per heavy atom. The summed E-state index contributed by atoms with van der Waals surface area (Å²) in [4.78, 5) is 21.7. The van der Waals surface area contributed by atoms with Crippen LogP contribution in [0.5, 0.6) is 0 Å². The van der Waals surface area contributed by atoms with Crippen LogP contribution in [-0.4, -0.2) is 56.2 Å². The molecule has 9 nitrogen and oxygen atoms in total. The Hall–Kier alpha value is -4.24. The first-order valence-corrected chi connectivity index (χ1v) is 12.2. The number of nitrogens with one attached hydrogen (secondary N) is 2. The Morgan fingerprint density at radius 3 is 2.67 bits per heavy atom. The average Bonchev–Trinajstić information content (AvgIpc) is 3.49. The van der Waals surface area contributed by atoms with Gasteiger partial charge in [0.2, 0.25) is 5.95 Å². The van der Waals surface area contributed by atoms with Gasteiger partial charge in [0.05, 0.1) is 11.0 Å². The van der Waals surface area contributed by atoms with Crippen LogP contribution in [0, 0.1) is 13.8 Å². The van der Waals surface area contributed by atoms with Gasteiger partial charge in [-0.25, -0.2) is 9.97 Å². The van der Waals surface area contributed by atoms with E-state index in [9.17, 15) is 0 Å². The highest BCUT2D eigenvalue weighted by molar-refractivity contribution is 5.82. The molecule has 1 aliphatic heterocycles. The zero-order chi connectivity index (χ0) is 24.5. The molecule has 9 heteroatoms. The highest BCUT2D eigenvalue weighted by atomic mass is 16.5. The molecular formula is C27H28N8O. The molecule has 4 heterocycles. The van der Waals surface area contributed by atoms with Gasteiger partial charge in [0.1, 0.15) is 5.82 Å². The van der Waals surface area contributed by atoms with Crippen LogP contribution < -0.4 is 10.2 Å². The summed E-state index contributed by atoms with van der Waals surface area (Å²) in [7, 11) is 0. The fourth-order valence-electron chi connectivity index (χ4n) is 4.63. The van der Waals surface area contributed by atoms with Crippen molar-refractivity contribution in [3.8, 4) is 11.5 Å². The first-order valence-electron chi connectivity index (χ1n) is 12.2. The number of hydrogen-bond acceptors (Lipinski definition) is 8. The summed E-state index contributed by atoms with van der Waals surface area (Å²) in [6.45, 7) is 8.97. The largest absolute Gasteiger partial charge is 0.369 e. The Kier molecular flexibility index (Phi) is 5.82. The number of anilines is 3. The van der Waals surface area contributed by atoms with Gasteiger partial charge in [0.15, 0.2) is 5.82 Å². The van der Waals surface area contributed by atoms with Crippen molar-refractivity contribution >= 4 is 28.5 Å². The normalized spacial score (nSPS) is 14.4. The summed E-state index contributed by atoms with van der Waals surface area (Å²) >= 11 is 0. The lowest BCUT2D eigenvalue weighted by atomic mass is 10.1. The van der Waals surface area contributed by atoms with Gasteiger partial charge in [-0.1, -0.05) is 17.3 Å². The summed E-state index contributed by atoms with van der Waals surface area (Å²) in [5.74, 6) is 2.50. The lowest BCUT2D eigenvalue weighted by molar-refractivity contribution is 0.250. The first kappa shape index (κ1) is 22.2. The van der Waals surface area contributed by atoms with Crippen molar-refractivity contribution in [3.63, 3.8) is 0 Å². The maximum absolute atomic E-state index is 5.28. The van der Waals surface area contributed by atoms with Crippen molar-refractivity contribution in [1.29, 1.82) is 0 Å². The van der Waals surface area contributed by atoms with Gasteiger partial charge in [-0.2, -0.15) is 4.98 Å². The zero-order valence-corrected chi connectivity index (χ0v) is 20.4. The van der Waals surface area contributed by atoms with Gasteiger partial charge in [0, 0.05) is 50.2 Å². The molecule has 2 aromatic carbocycles. The highest BCUT2D eigenvalue weighted by Crippen LogP contribution is 2.24. The predicted molar refractivity (Wildman–Crippen MR) is 140 cm³/mol. The number of rotatable bonds is 6. The molecular weight excluding hydrogens is 452 g/mol. The second-order valence-corrected chi connectivity index (χ2v) is 9.24. The lowest BCUT2D eigenvalue weighted by Gasteiger charge is -2.36. The molecule has 1 aliphatic rings. The Balaban J connectivity index is 1.10. The number of H-pyrrole nitrogens is 1. The van der Waals surface area contributed by atoms with Crippen LogP contribution in [-0.2, 0) is 6.54 Å². The van der Waals surface area contributed by atoms with E-state index in [4.69, 9.17) is 4.52 Å². The molecule has 0 bridgehead atoms. The summed E-state index contributed by atoms with van der Waals surface area (Å²) in [5, 5.41) is 7.18. The molecule has 0 radical (unpaired) electrons. The van der Waals surface area contributed by atoms with Gasteiger partial charge < -0.3 is 19.7 Å². The van der Waals surface area contributed by atoms with E-state index >= 15 is 0 Å². The van der Waals surface area contributed by atoms with E-state index in [1.54, 1.807) is 6.92 Å². The summed E-state index contributed by atoms with van der Waals surface area (Å²) in [6.07, 6.45) is 1.85. The fraction of sp³-hybridized carbons (Fsp3) is 0.259. The number of hydrogen-bond donors (Lipinski definition) is 2. The van der Waals surface area contributed by atoms with Crippen LogP contribution in [0.3, 0.4) is 0 Å². The number of aryl methyl sites for hydroxylation is 2. The SMILES string of the molecule is Cc1cccc(N2CCN(Cc3ccnc(Nc4nc5ccc(-c6nc(C)no6)cc5[nH]4)c3)CC2)c1. The van der Waals surface area contributed by atoms with E-state index in [1.807, 2.05) is 24.4 Å². The maximum Gasteiger partial charge on any atom is 0.257 e. The standard InChI is InChI=1S/C27H28N8O/c1-18-4-3-5-22(14-18)35-12-10-34(11-13-35)17-20-8-9-28-25(15-20)32-27-30-23-7-6-21(16-24(23)31-27)26-29-19(2)33-36-26/h3-9,14-16H,10-13,17H2,1-2H3,(H2,28,30,31,32). The van der Waals surface area contributed by atoms with Gasteiger partial charge in [-0.05, 0) is 67.4 Å². The van der Waals surface area contributed by atoms with Crippen LogP contribution in [0.25, 0.3) is 22.5 Å². The van der Waals surface area contributed by atoms with E-state index in [-0.39, 0.29) is 0 Å². The van der Waals surface area contributed by atoms with Crippen LogP contribution in [0.2, 0.25) is 0 Å². The van der Waals surface area contributed by atoms with Crippen molar-refractivity contribution in [2.75, 3.05) is 36.4 Å². The average molecular weight is 481 g/mol. The van der Waals surface area contributed by atoms with Crippen molar-refractivity contribution in [3.05, 3.63) is 77.7 Å². The number of aromatic nitrogens is 5. The molecule has 0 spiro atoms. The van der Waals surface area contributed by atoms with Crippen LogP contribution in [0.1, 0.15) is 17.0 Å². The van der Waals surface area contributed by atoms with E-state index in [0.29, 0.717) is 17.7 Å². The minimum absolute atomic E-state index is 0.493. The fourth-order valence-corrected chi connectivity index (χ4v) is 4.63. The van der Waals surface area contributed by atoms with Crippen LogP contribution >= 0.6 is 0 Å². The molecule has 6 rings (SSSR count). The molecule has 1 fully saturated rings. The smallest absolute Gasteiger partial charge is 0.257 e. The second-order valence-electron chi connectivity index (χ2n) is 9.24. The molecule has 0 aliphatic carbocycles. The summed E-state index contributed by atoms with van der Waals surface area (Å²) in [5.41, 5.74) is 6.42. The molecule has 3 aromatic heterocycles. The van der Waals surface area contributed by atoms with E-state index in [1.165, 1.54) is 16.8 Å². The minimum atomic E-state index is 0.493. The Labute approximate surface area is 209 Å². The maximum atomic E-state index is 5.28. The predicted octanol–water partition coefficient (Wildman–Crippen LogP) is 4.69. The number of fused-ring (bicyclic) bond motifs is 1. The van der Waals surface area contributed by atoms with Crippen LogP contribution in [0.4, 0.5) is 17.5 Å². The number of aromatic amines is 1. The summed E-state index contributed by atoms with van der Waals surface area (Å²) < 4.78 is 5.28. The molecule has 2 N–H and O–H groups in total. The van der Waals surface area contributed by atoms with Gasteiger partial charge in [-0.3, -0.25) is 4.90 Å². The van der Waals surface area contributed by atoms with Crippen molar-refractivity contribution in [2.24, 2.45) is 0 Å². The third-order valence-corrected chi connectivity index (χ3v) is 6.47. The molecule has 0 saturated carbocycles. The molecule has 0 atom stereocenters. The lowest BCUT2D eigenvalue weighted by Crippen LogP contribution is -2.46. The third kappa shape index (κ3) is 4.78. The molecule has 0 unspecified atom stereocenters. The Bertz CT molecular complexity index is 1500. The minimum Gasteiger partial charge on any atom is -0.369 e. The van der Waals surface area contributed by atoms with E-state index < -0.39 is 0 Å². The van der Waals surface area contributed by atoms with E-state index in [0.717, 1.165) is 55.1 Å². The number of imidazole rings is 1. The van der Waals surface area contributed by atoms with Crippen molar-refractivity contribution < 1.29 is 4.52 Å². The highest BCUT2D eigenvalue weighted by Gasteiger charge is 2.18. The number of nitrogens with zero attached hydrogens (tertiary/aromatic N) is 6. The topological polar surface area (TPSA) is 99.0 Å². The molecule has 5 aromatic rings. The third-order valence-electron chi connectivity index (χ3n) is 6.47. The van der Waals surface area contributed by atoms with Gasteiger partial charge in [0.25, 0.3) is 5.89 Å². The second kappa shape index (κ2) is 9.43. The quantitative estimate of drug-likeness (QED) is 0.361. The molecule has 0 amide bonds. The Morgan fingerprint density at radius 2 is 1.86 bits per heavy atom. The van der Waals surface area contributed by atoms with Gasteiger partial charge in [-0.15, -0.1) is 0 Å². The number of piperazine rings is 1. The van der Waals surface area contributed by atoms with E-state index in [2.05, 4.69) is 83.5 Å². The molecule has 36 heavy (non-hydrogen) atoms. The van der Waals surface area contributed by atoms with Crippen molar-refractivity contribution in [2.45, 2.75) is 20.4 Å². The molecule has 1 saturated heterocycles. The zero-order valence-electron chi connectivity index (χ0n) is 20.4. The van der Waals surface area contributed by atoms with Crippen LogP contribution in [0.15, 0.2) is 65.3 Å². The number of pyridine rings is 1. The first-order chi connectivity index (χ1) is 17.6.